The molecule has 13 nitrogen and oxygen atoms in total. The van der Waals surface area contributed by atoms with Crippen LogP contribution in [0.5, 0.6) is 0 Å². The molecular formula is C30H31F2N6O7PS. The molecular weight excluding hydrogens is 657 g/mol. The van der Waals surface area contributed by atoms with E-state index < -0.39 is 42.7 Å². The number of nitrogens with one attached hydrogen (secondary N) is 3. The van der Waals surface area contributed by atoms with Crippen molar-refractivity contribution in [2.75, 3.05) is 18.4 Å². The molecule has 5 N–H and O–H groups in total. The van der Waals surface area contributed by atoms with Crippen molar-refractivity contribution < 1.29 is 42.3 Å². The number of amides is 4. The van der Waals surface area contributed by atoms with E-state index in [4.69, 9.17) is 9.79 Å². The predicted octanol–water partition coefficient (Wildman–Crippen LogP) is 3.66. The number of H-pyrrole nitrogens is 1. The van der Waals surface area contributed by atoms with Crippen molar-refractivity contribution in [2.24, 2.45) is 0 Å². The Morgan fingerprint density at radius 2 is 1.87 bits per heavy atom. The highest BCUT2D eigenvalue weighted by Gasteiger charge is 2.50. The number of fused-ring (bicyclic) bond motifs is 3. The largest absolute Gasteiger partial charge is 0.399 e. The molecule has 2 aromatic heterocycles. The van der Waals surface area contributed by atoms with Gasteiger partial charge in [-0.1, -0.05) is 6.07 Å². The van der Waals surface area contributed by atoms with E-state index in [9.17, 15) is 32.5 Å². The highest BCUT2D eigenvalue weighted by atomic mass is 32.1. The Hall–Kier alpha value is -4.24. The molecule has 0 bridgehead atoms. The number of alkyl halides is 2. The average molecular weight is 689 g/mol. The first kappa shape index (κ1) is 32.7. The zero-order valence-corrected chi connectivity index (χ0v) is 26.9. The number of thiophene rings is 1. The van der Waals surface area contributed by atoms with E-state index in [-0.39, 0.29) is 34.7 Å². The zero-order valence-electron chi connectivity index (χ0n) is 25.2. The molecule has 0 unspecified atom stereocenters. The van der Waals surface area contributed by atoms with Gasteiger partial charge in [0.15, 0.2) is 0 Å². The molecule has 0 saturated carbocycles. The summed E-state index contributed by atoms with van der Waals surface area (Å²) in [6, 6.07) is 5.50. The highest BCUT2D eigenvalue weighted by Crippen LogP contribution is 2.59. The summed E-state index contributed by atoms with van der Waals surface area (Å²) < 4.78 is 40.4. The number of hydrogen-bond acceptors (Lipinski definition) is 7. The van der Waals surface area contributed by atoms with Gasteiger partial charge in [0.05, 0.1) is 16.6 Å². The normalized spacial score (nSPS) is 20.6. The number of carbonyl (C=O) groups excluding carboxylic acids is 4. The van der Waals surface area contributed by atoms with E-state index in [1.54, 1.807) is 18.3 Å². The van der Waals surface area contributed by atoms with Crippen LogP contribution in [0.2, 0.25) is 0 Å². The van der Waals surface area contributed by atoms with Gasteiger partial charge in [-0.25, -0.2) is 0 Å². The second kappa shape index (κ2) is 12.1. The lowest BCUT2D eigenvalue weighted by molar-refractivity contribution is -0.143. The number of hydrogen-bond donors (Lipinski definition) is 5. The maximum absolute atomic E-state index is 14.3. The summed E-state index contributed by atoms with van der Waals surface area (Å²) in [6.45, 7) is 3.41. The zero-order chi connectivity index (χ0) is 33.8. The van der Waals surface area contributed by atoms with E-state index in [0.717, 1.165) is 39.9 Å². The Morgan fingerprint density at radius 3 is 2.60 bits per heavy atom. The van der Waals surface area contributed by atoms with Crippen LogP contribution in [0.1, 0.15) is 47.0 Å². The fourth-order valence-corrected chi connectivity index (χ4v) is 7.72. The van der Waals surface area contributed by atoms with Crippen molar-refractivity contribution >= 4 is 69.2 Å². The van der Waals surface area contributed by atoms with Crippen molar-refractivity contribution in [3.8, 4) is 0 Å². The van der Waals surface area contributed by atoms with Crippen LogP contribution >= 0.6 is 18.9 Å². The summed E-state index contributed by atoms with van der Waals surface area (Å²) in [5, 5.41) is 13.5. The first-order valence-electron chi connectivity index (χ1n) is 14.7. The Labute approximate surface area is 270 Å². The molecule has 2 aromatic carbocycles. The molecule has 0 spiro atoms. The van der Waals surface area contributed by atoms with Crippen LogP contribution in [0, 0.1) is 6.92 Å². The SMILES string of the molecule is CC(=O)N1CC[C@H]2CC[C@@H](C(=O)Nc3cc(C)c4[nH]ncc4c3)N2C(=O)[C@@H](NC(=O)c2cc3cc(C(F)(F)P(=O)(O)O)ccc3s2)C1. The first-order valence-corrected chi connectivity index (χ1v) is 17.2. The molecule has 4 amide bonds. The van der Waals surface area contributed by atoms with Crippen molar-refractivity contribution in [1.82, 2.24) is 25.3 Å². The molecule has 248 valence electrons. The molecule has 4 aromatic rings. The van der Waals surface area contributed by atoms with Crippen LogP contribution in [-0.4, -0.2) is 84.6 Å². The minimum absolute atomic E-state index is 0.0538. The number of benzene rings is 2. The lowest BCUT2D eigenvalue weighted by Crippen LogP contribution is -2.60. The fourth-order valence-electron chi connectivity index (χ4n) is 6.30. The van der Waals surface area contributed by atoms with E-state index in [1.165, 1.54) is 28.9 Å². The van der Waals surface area contributed by atoms with E-state index >= 15 is 0 Å². The van der Waals surface area contributed by atoms with Crippen molar-refractivity contribution in [1.29, 1.82) is 0 Å². The molecule has 0 aliphatic carbocycles. The lowest BCUT2D eigenvalue weighted by Gasteiger charge is -2.38. The topological polar surface area (TPSA) is 185 Å². The quantitative estimate of drug-likeness (QED) is 0.190. The smallest absolute Gasteiger partial charge is 0.340 e. The summed E-state index contributed by atoms with van der Waals surface area (Å²) in [5.74, 6) is -1.91. The number of aromatic amines is 1. The van der Waals surface area contributed by atoms with E-state index in [0.29, 0.717) is 36.2 Å². The second-order valence-electron chi connectivity index (χ2n) is 11.8. The summed E-state index contributed by atoms with van der Waals surface area (Å²) in [5.41, 5.74) is -3.06. The molecule has 0 radical (unpaired) electrons. The van der Waals surface area contributed by atoms with Gasteiger partial charge < -0.3 is 30.2 Å². The molecule has 47 heavy (non-hydrogen) atoms. The monoisotopic (exact) mass is 688 g/mol. The Kier molecular flexibility index (Phi) is 8.41. The van der Waals surface area contributed by atoms with Gasteiger partial charge in [-0.2, -0.15) is 13.9 Å². The van der Waals surface area contributed by atoms with Gasteiger partial charge in [0, 0.05) is 47.4 Å². The summed E-state index contributed by atoms with van der Waals surface area (Å²) in [4.78, 5) is 74.9. The van der Waals surface area contributed by atoms with Crippen LogP contribution in [-0.2, 0) is 24.6 Å². The highest BCUT2D eigenvalue weighted by molar-refractivity contribution is 7.52. The number of nitrogens with zero attached hydrogens (tertiary/aromatic N) is 3. The van der Waals surface area contributed by atoms with E-state index in [1.807, 2.05) is 6.92 Å². The first-order chi connectivity index (χ1) is 22.1. The van der Waals surface area contributed by atoms with Gasteiger partial charge in [0.1, 0.15) is 12.1 Å². The minimum Gasteiger partial charge on any atom is -0.340 e. The molecule has 2 fully saturated rings. The van der Waals surface area contributed by atoms with Crippen LogP contribution in [0.15, 0.2) is 42.6 Å². The standard InChI is InChI=1S/C30H31F2N6O7PS/c1-15-9-20(11-18-13-33-36-26(15)18)34-27(40)23-5-4-21-7-8-37(16(2)39)14-22(29(42)38(21)23)35-28(41)25-12-17-10-19(3-6-24(17)47-25)30(31,32)46(43,44)45/h3,6,9-13,21-23H,4-5,7-8,14H2,1-2H3,(H,33,36)(H,34,40)(H,35,41)(H2,43,44,45)/t21-,22+,23+/m1/s1. The van der Waals surface area contributed by atoms with Crippen LogP contribution < -0.4 is 10.6 Å². The van der Waals surface area contributed by atoms with Crippen LogP contribution in [0.3, 0.4) is 0 Å². The van der Waals surface area contributed by atoms with Gasteiger partial charge in [0.2, 0.25) is 17.7 Å². The summed E-state index contributed by atoms with van der Waals surface area (Å²) in [6.07, 6.45) is 3.00. The van der Waals surface area contributed by atoms with Crippen molar-refractivity contribution in [3.63, 3.8) is 0 Å². The third kappa shape index (κ3) is 6.13. The minimum atomic E-state index is -5.80. The summed E-state index contributed by atoms with van der Waals surface area (Å²) in [7, 11) is -5.80. The third-order valence-corrected chi connectivity index (χ3v) is 10.8. The Morgan fingerprint density at radius 1 is 1.11 bits per heavy atom. The van der Waals surface area contributed by atoms with Gasteiger partial charge in [-0.15, -0.1) is 11.3 Å². The number of carbonyl (C=O) groups is 4. The van der Waals surface area contributed by atoms with Crippen molar-refractivity contribution in [3.05, 3.63) is 58.6 Å². The molecule has 4 heterocycles. The van der Waals surface area contributed by atoms with Gasteiger partial charge in [0.25, 0.3) is 5.91 Å². The summed E-state index contributed by atoms with van der Waals surface area (Å²) >= 11 is 0.940. The predicted molar refractivity (Wildman–Crippen MR) is 169 cm³/mol. The molecule has 17 heteroatoms. The molecule has 3 atom stereocenters. The van der Waals surface area contributed by atoms with Gasteiger partial charge >= 0.3 is 13.3 Å². The van der Waals surface area contributed by atoms with Gasteiger partial charge in [-0.3, -0.25) is 28.8 Å². The lowest BCUT2D eigenvalue weighted by atomic mass is 10.1. The van der Waals surface area contributed by atoms with Crippen molar-refractivity contribution in [2.45, 2.75) is 56.9 Å². The number of halogens is 2. The van der Waals surface area contributed by atoms with E-state index in [2.05, 4.69) is 20.8 Å². The maximum Gasteiger partial charge on any atom is 0.399 e. The number of aromatic nitrogens is 2. The van der Waals surface area contributed by atoms with Crippen LogP contribution in [0.4, 0.5) is 14.5 Å². The number of anilines is 1. The van der Waals surface area contributed by atoms with Gasteiger partial charge in [-0.05, 0) is 67.5 Å². The number of aryl methyl sites for hydroxylation is 1. The Balaban J connectivity index is 1.25. The van der Waals surface area contributed by atoms with Crippen LogP contribution in [0.25, 0.3) is 21.0 Å². The third-order valence-electron chi connectivity index (χ3n) is 8.71. The Bertz CT molecular complexity index is 1980. The number of rotatable bonds is 6. The molecule has 6 rings (SSSR count). The maximum atomic E-state index is 14.3. The molecule has 2 aliphatic heterocycles. The second-order valence-corrected chi connectivity index (χ2v) is 14.6. The average Bonchev–Trinajstić information content (AvgIpc) is 3.74. The molecule has 2 aliphatic rings. The molecule has 2 saturated heterocycles. The fraction of sp³-hybridized carbons (Fsp3) is 0.367.